The molecule has 2 aromatic rings. The van der Waals surface area contributed by atoms with E-state index in [9.17, 15) is 9.59 Å². The number of amides is 1. The molecule has 0 saturated carbocycles. The molecule has 0 aliphatic rings. The maximum absolute atomic E-state index is 11.7. The molecule has 18 heavy (non-hydrogen) atoms. The lowest BCUT2D eigenvalue weighted by Gasteiger charge is -2.17. The van der Waals surface area contributed by atoms with Crippen molar-refractivity contribution < 1.29 is 14.7 Å². The fourth-order valence-corrected chi connectivity index (χ4v) is 2.29. The van der Waals surface area contributed by atoms with E-state index in [1.807, 2.05) is 6.07 Å². The molecule has 1 N–H and O–H groups in total. The smallest absolute Gasteiger partial charge is 0.347 e. The largest absolute Gasteiger partial charge is 0.477 e. The van der Waals surface area contributed by atoms with Gasteiger partial charge < -0.3 is 5.11 Å². The van der Waals surface area contributed by atoms with Gasteiger partial charge in [0.25, 0.3) is 0 Å². The summed E-state index contributed by atoms with van der Waals surface area (Å²) < 4.78 is 0. The number of benzene rings is 1. The number of carbonyl (C=O) groups excluding carboxylic acids is 1. The predicted molar refractivity (Wildman–Crippen MR) is 68.3 cm³/mol. The number of para-hydroxylation sites is 1. The molecule has 0 aliphatic heterocycles. The molecule has 0 atom stereocenters. The maximum Gasteiger partial charge on any atom is 0.347 e. The van der Waals surface area contributed by atoms with Gasteiger partial charge in [0.1, 0.15) is 4.88 Å². The molecule has 0 bridgehead atoms. The van der Waals surface area contributed by atoms with Crippen LogP contribution >= 0.6 is 11.3 Å². The first-order valence-corrected chi connectivity index (χ1v) is 5.96. The van der Waals surface area contributed by atoms with Crippen molar-refractivity contribution >= 4 is 34.0 Å². The maximum atomic E-state index is 11.7. The van der Waals surface area contributed by atoms with E-state index >= 15 is 0 Å². The van der Waals surface area contributed by atoms with E-state index in [2.05, 4.69) is 4.98 Å². The van der Waals surface area contributed by atoms with Crippen LogP contribution in [0.1, 0.15) is 16.6 Å². The number of aromatic nitrogens is 1. The number of rotatable bonds is 3. The number of carbonyl (C=O) groups is 2. The average molecular weight is 262 g/mol. The number of hydrogen-bond acceptors (Lipinski definition) is 4. The number of nitrogens with zero attached hydrogens (tertiary/aromatic N) is 2. The van der Waals surface area contributed by atoms with Crippen molar-refractivity contribution in [2.75, 3.05) is 4.90 Å². The van der Waals surface area contributed by atoms with E-state index in [1.54, 1.807) is 24.3 Å². The highest BCUT2D eigenvalue weighted by atomic mass is 32.1. The SMILES string of the molecule is CC(=O)N(c1ccccc1)c1ncc(C(=O)O)s1. The van der Waals surface area contributed by atoms with Gasteiger partial charge in [0, 0.05) is 6.92 Å². The molecule has 0 saturated heterocycles. The average Bonchev–Trinajstić information content (AvgIpc) is 2.79. The van der Waals surface area contributed by atoms with Crippen LogP contribution < -0.4 is 4.90 Å². The van der Waals surface area contributed by atoms with Gasteiger partial charge in [0.05, 0.1) is 11.9 Å². The van der Waals surface area contributed by atoms with Crippen LogP contribution in [0.5, 0.6) is 0 Å². The van der Waals surface area contributed by atoms with Crippen LogP contribution in [0.15, 0.2) is 36.5 Å². The summed E-state index contributed by atoms with van der Waals surface area (Å²) in [4.78, 5) is 27.9. The predicted octanol–water partition coefficient (Wildman–Crippen LogP) is 2.53. The molecule has 0 aliphatic carbocycles. The van der Waals surface area contributed by atoms with Crippen molar-refractivity contribution in [1.29, 1.82) is 0 Å². The second-order valence-electron chi connectivity index (χ2n) is 3.50. The first-order valence-electron chi connectivity index (χ1n) is 5.14. The van der Waals surface area contributed by atoms with Crippen molar-refractivity contribution in [3.05, 3.63) is 41.4 Å². The molecule has 0 fully saturated rings. The molecule has 6 heteroatoms. The second kappa shape index (κ2) is 4.97. The highest BCUT2D eigenvalue weighted by molar-refractivity contribution is 7.17. The van der Waals surface area contributed by atoms with Gasteiger partial charge in [-0.3, -0.25) is 9.69 Å². The zero-order valence-corrected chi connectivity index (χ0v) is 10.3. The summed E-state index contributed by atoms with van der Waals surface area (Å²) in [6, 6.07) is 8.98. The topological polar surface area (TPSA) is 70.5 Å². The van der Waals surface area contributed by atoms with Crippen molar-refractivity contribution in [1.82, 2.24) is 4.98 Å². The van der Waals surface area contributed by atoms with E-state index < -0.39 is 5.97 Å². The summed E-state index contributed by atoms with van der Waals surface area (Å²) >= 11 is 0.967. The lowest BCUT2D eigenvalue weighted by atomic mass is 10.3. The van der Waals surface area contributed by atoms with E-state index in [0.717, 1.165) is 11.3 Å². The van der Waals surface area contributed by atoms with E-state index in [-0.39, 0.29) is 10.8 Å². The summed E-state index contributed by atoms with van der Waals surface area (Å²) in [6.07, 6.45) is 1.25. The standard InChI is InChI=1S/C12H10N2O3S/c1-8(15)14(9-5-3-2-4-6-9)12-13-7-10(18-12)11(16)17/h2-7H,1H3,(H,16,17). The first kappa shape index (κ1) is 12.3. The molecule has 1 amide bonds. The number of carboxylic acid groups (broad SMARTS) is 1. The zero-order chi connectivity index (χ0) is 13.1. The minimum Gasteiger partial charge on any atom is -0.477 e. The molecular weight excluding hydrogens is 252 g/mol. The number of anilines is 2. The highest BCUT2D eigenvalue weighted by Crippen LogP contribution is 2.29. The van der Waals surface area contributed by atoms with Gasteiger partial charge in [-0.05, 0) is 12.1 Å². The Balaban J connectivity index is 2.42. The van der Waals surface area contributed by atoms with Gasteiger partial charge in [0.15, 0.2) is 5.13 Å². The Hall–Kier alpha value is -2.21. The molecule has 1 aromatic carbocycles. The molecule has 1 heterocycles. The Morgan fingerprint density at radius 1 is 1.28 bits per heavy atom. The fourth-order valence-electron chi connectivity index (χ4n) is 1.47. The molecule has 0 radical (unpaired) electrons. The van der Waals surface area contributed by atoms with Crippen LogP contribution in [0.4, 0.5) is 10.8 Å². The summed E-state index contributed by atoms with van der Waals surface area (Å²) in [5, 5.41) is 9.21. The quantitative estimate of drug-likeness (QED) is 0.922. The van der Waals surface area contributed by atoms with E-state index in [0.29, 0.717) is 10.8 Å². The van der Waals surface area contributed by atoms with Crippen LogP contribution in [0, 0.1) is 0 Å². The van der Waals surface area contributed by atoms with Crippen LogP contribution in [-0.4, -0.2) is 22.0 Å². The third-order valence-electron chi connectivity index (χ3n) is 2.22. The lowest BCUT2D eigenvalue weighted by molar-refractivity contribution is -0.115. The summed E-state index contributed by atoms with van der Waals surface area (Å²) in [7, 11) is 0. The molecule has 2 rings (SSSR count). The van der Waals surface area contributed by atoms with Gasteiger partial charge in [0.2, 0.25) is 5.91 Å². The van der Waals surface area contributed by atoms with E-state index in [4.69, 9.17) is 5.11 Å². The molecule has 5 nitrogen and oxygen atoms in total. The number of carboxylic acids is 1. The van der Waals surface area contributed by atoms with Gasteiger partial charge in [-0.25, -0.2) is 9.78 Å². The van der Waals surface area contributed by atoms with Gasteiger partial charge in [-0.1, -0.05) is 29.5 Å². The van der Waals surface area contributed by atoms with Crippen LogP contribution in [0.25, 0.3) is 0 Å². The first-order chi connectivity index (χ1) is 8.59. The molecular formula is C12H10N2O3S. The Bertz CT molecular complexity index is 580. The second-order valence-corrected chi connectivity index (χ2v) is 4.51. The summed E-state index contributed by atoms with van der Waals surface area (Å²) in [6.45, 7) is 1.41. The Morgan fingerprint density at radius 3 is 2.44 bits per heavy atom. The Labute approximate surface area is 107 Å². The van der Waals surface area contributed by atoms with Gasteiger partial charge in [-0.2, -0.15) is 0 Å². The molecule has 0 unspecified atom stereocenters. The van der Waals surface area contributed by atoms with Crippen LogP contribution in [0.3, 0.4) is 0 Å². The molecule has 0 spiro atoms. The Kier molecular flexibility index (Phi) is 3.38. The zero-order valence-electron chi connectivity index (χ0n) is 9.53. The highest BCUT2D eigenvalue weighted by Gasteiger charge is 2.19. The normalized spacial score (nSPS) is 10.1. The Morgan fingerprint density at radius 2 is 1.94 bits per heavy atom. The van der Waals surface area contributed by atoms with Crippen LogP contribution in [0.2, 0.25) is 0 Å². The summed E-state index contributed by atoms with van der Waals surface area (Å²) in [5.41, 5.74) is 0.663. The van der Waals surface area contributed by atoms with E-state index in [1.165, 1.54) is 18.0 Å². The molecule has 1 aromatic heterocycles. The van der Waals surface area contributed by atoms with Crippen molar-refractivity contribution in [2.24, 2.45) is 0 Å². The van der Waals surface area contributed by atoms with Crippen LogP contribution in [-0.2, 0) is 4.79 Å². The third kappa shape index (κ3) is 2.38. The number of thiazole rings is 1. The minimum absolute atomic E-state index is 0.104. The molecule has 92 valence electrons. The van der Waals surface area contributed by atoms with Gasteiger partial charge in [-0.15, -0.1) is 0 Å². The number of hydrogen-bond donors (Lipinski definition) is 1. The monoisotopic (exact) mass is 262 g/mol. The third-order valence-corrected chi connectivity index (χ3v) is 3.20. The van der Waals surface area contributed by atoms with Crippen molar-refractivity contribution in [2.45, 2.75) is 6.92 Å². The number of aromatic carboxylic acids is 1. The fraction of sp³-hybridized carbons (Fsp3) is 0.0833. The summed E-state index contributed by atoms with van der Waals surface area (Å²) in [5.74, 6) is -1.26. The van der Waals surface area contributed by atoms with Crippen molar-refractivity contribution in [3.8, 4) is 0 Å². The minimum atomic E-state index is -1.05. The lowest BCUT2D eigenvalue weighted by Crippen LogP contribution is -2.22. The van der Waals surface area contributed by atoms with Crippen molar-refractivity contribution in [3.63, 3.8) is 0 Å². The van der Waals surface area contributed by atoms with Gasteiger partial charge >= 0.3 is 5.97 Å².